The number of hydrogen-bond acceptors (Lipinski definition) is 4. The third kappa shape index (κ3) is 4.44. The second-order valence-corrected chi connectivity index (χ2v) is 13.0. The van der Waals surface area contributed by atoms with E-state index in [1.807, 2.05) is 0 Å². The summed E-state index contributed by atoms with van der Waals surface area (Å²) in [4.78, 5) is 18.1. The number of aromatic nitrogens is 4. The van der Waals surface area contributed by atoms with E-state index in [1.54, 1.807) is 0 Å². The molecule has 0 N–H and O–H groups in total. The molecule has 9 rings (SSSR count). The number of para-hydroxylation sites is 4. The fourth-order valence-corrected chi connectivity index (χ4v) is 8.03. The van der Waals surface area contributed by atoms with Crippen LogP contribution in [0.25, 0.3) is 56.2 Å². The van der Waals surface area contributed by atoms with Crippen molar-refractivity contribution < 1.29 is 0 Å². The van der Waals surface area contributed by atoms with Gasteiger partial charge >= 0.3 is 0 Å². The van der Waals surface area contributed by atoms with Crippen LogP contribution in [-0.2, 0) is 0 Å². The zero-order valence-electron chi connectivity index (χ0n) is 28.0. The maximum Gasteiger partial charge on any atom is 0.145 e. The Balaban J connectivity index is 1.44. The summed E-state index contributed by atoms with van der Waals surface area (Å²) in [6.45, 7) is 8.94. The van der Waals surface area contributed by atoms with Crippen molar-refractivity contribution in [1.82, 2.24) is 19.1 Å². The van der Waals surface area contributed by atoms with E-state index in [-0.39, 0.29) is 12.1 Å². The summed E-state index contributed by atoms with van der Waals surface area (Å²) in [5.41, 5.74) is 13.1. The maximum absolute atomic E-state index is 5.27. The van der Waals surface area contributed by atoms with Crippen LogP contribution in [0.2, 0.25) is 0 Å². The standard InChI is InChI=1S/C43H36N6/c1-27-39(47-30(4)44-33-21-11-14-24-36(33)47)28(2)41(49-38-26-16-13-23-35(38)46-43(49)32-19-9-6-10-20-32)29(3)40(27)48-37-25-15-12-22-34(37)45-42(48)31-17-7-5-8-18-31/h5-26,33,36H,1-4H3. The van der Waals surface area contributed by atoms with Crippen molar-refractivity contribution in [2.75, 3.05) is 4.90 Å². The van der Waals surface area contributed by atoms with E-state index < -0.39 is 0 Å². The van der Waals surface area contributed by atoms with Crippen molar-refractivity contribution in [2.45, 2.75) is 39.8 Å². The highest BCUT2D eigenvalue weighted by Crippen LogP contribution is 2.45. The van der Waals surface area contributed by atoms with Crippen LogP contribution >= 0.6 is 0 Å². The molecule has 2 aliphatic rings. The molecule has 6 nitrogen and oxygen atoms in total. The van der Waals surface area contributed by atoms with Crippen molar-refractivity contribution in [1.29, 1.82) is 0 Å². The lowest BCUT2D eigenvalue weighted by Crippen LogP contribution is -2.39. The number of benzene rings is 5. The third-order valence-electron chi connectivity index (χ3n) is 10.1. The van der Waals surface area contributed by atoms with E-state index >= 15 is 0 Å². The molecule has 0 amide bonds. The smallest absolute Gasteiger partial charge is 0.145 e. The number of amidine groups is 1. The molecule has 5 aromatic carbocycles. The largest absolute Gasteiger partial charge is 0.320 e. The van der Waals surface area contributed by atoms with Crippen LogP contribution in [0.4, 0.5) is 5.69 Å². The second kappa shape index (κ2) is 11.3. The van der Waals surface area contributed by atoms with Crippen LogP contribution in [0.1, 0.15) is 23.6 Å². The van der Waals surface area contributed by atoms with Gasteiger partial charge in [-0.25, -0.2) is 9.97 Å². The highest BCUT2D eigenvalue weighted by Gasteiger charge is 2.37. The van der Waals surface area contributed by atoms with Crippen molar-refractivity contribution in [3.8, 4) is 34.2 Å². The van der Waals surface area contributed by atoms with E-state index in [9.17, 15) is 0 Å². The highest BCUT2D eigenvalue weighted by molar-refractivity contribution is 6.03. The summed E-state index contributed by atoms with van der Waals surface area (Å²) in [6.07, 6.45) is 8.76. The Kier molecular flexibility index (Phi) is 6.73. The van der Waals surface area contributed by atoms with Crippen molar-refractivity contribution in [3.05, 3.63) is 150 Å². The van der Waals surface area contributed by atoms with Gasteiger partial charge in [0.1, 0.15) is 17.5 Å². The molecule has 0 saturated heterocycles. The molecule has 3 heterocycles. The fourth-order valence-electron chi connectivity index (χ4n) is 8.03. The van der Waals surface area contributed by atoms with E-state index in [0.717, 1.165) is 73.3 Å². The highest BCUT2D eigenvalue weighted by atomic mass is 15.3. The molecule has 0 saturated carbocycles. The van der Waals surface area contributed by atoms with E-state index in [0.29, 0.717) is 0 Å². The van der Waals surface area contributed by atoms with Crippen molar-refractivity contribution in [3.63, 3.8) is 0 Å². The van der Waals surface area contributed by atoms with Gasteiger partial charge in [-0.05, 0) is 68.7 Å². The minimum absolute atomic E-state index is 0.0694. The van der Waals surface area contributed by atoms with Gasteiger partial charge in [0.25, 0.3) is 0 Å². The number of rotatable bonds is 5. The minimum atomic E-state index is 0.0694. The molecule has 2 unspecified atom stereocenters. The van der Waals surface area contributed by atoms with E-state index in [2.05, 4.69) is 175 Å². The van der Waals surface area contributed by atoms with Gasteiger partial charge in [-0.1, -0.05) is 109 Å². The minimum Gasteiger partial charge on any atom is -0.320 e. The molecule has 0 spiro atoms. The molecular weight excluding hydrogens is 601 g/mol. The van der Waals surface area contributed by atoms with Crippen LogP contribution < -0.4 is 4.90 Å². The predicted octanol–water partition coefficient (Wildman–Crippen LogP) is 9.73. The lowest BCUT2D eigenvalue weighted by molar-refractivity contribution is 0.736. The Morgan fingerprint density at radius 2 is 0.939 bits per heavy atom. The van der Waals surface area contributed by atoms with Gasteiger partial charge in [0.05, 0.1) is 51.2 Å². The predicted molar refractivity (Wildman–Crippen MR) is 202 cm³/mol. The normalized spacial score (nSPS) is 16.9. The Morgan fingerprint density at radius 1 is 0.490 bits per heavy atom. The molecule has 1 aliphatic heterocycles. The maximum atomic E-state index is 5.27. The lowest BCUT2D eigenvalue weighted by Gasteiger charge is -2.34. The first-order valence-electron chi connectivity index (χ1n) is 16.9. The molecule has 49 heavy (non-hydrogen) atoms. The summed E-state index contributed by atoms with van der Waals surface area (Å²) in [5.74, 6) is 2.84. The molecule has 238 valence electrons. The quantitative estimate of drug-likeness (QED) is 0.189. The third-order valence-corrected chi connectivity index (χ3v) is 10.1. The van der Waals surface area contributed by atoms with Crippen LogP contribution in [0, 0.1) is 20.8 Å². The van der Waals surface area contributed by atoms with Crippen LogP contribution in [0.5, 0.6) is 0 Å². The lowest BCUT2D eigenvalue weighted by atomic mass is 9.94. The Bertz CT molecular complexity index is 2350. The van der Waals surface area contributed by atoms with Crippen molar-refractivity contribution >= 4 is 33.6 Å². The fraction of sp³-hybridized carbons (Fsp3) is 0.140. The van der Waals surface area contributed by atoms with Gasteiger partial charge in [-0.15, -0.1) is 0 Å². The number of nitrogens with zero attached hydrogens (tertiary/aromatic N) is 6. The molecule has 2 atom stereocenters. The Labute approximate surface area is 286 Å². The first-order chi connectivity index (χ1) is 24.0. The number of anilines is 1. The molecule has 0 radical (unpaired) electrons. The topological polar surface area (TPSA) is 51.2 Å². The average Bonchev–Trinajstić information content (AvgIpc) is 3.81. The summed E-state index contributed by atoms with van der Waals surface area (Å²) in [6, 6.07) is 38.1. The van der Waals surface area contributed by atoms with Crippen LogP contribution in [0.15, 0.2) is 138 Å². The molecule has 0 bridgehead atoms. The van der Waals surface area contributed by atoms with Crippen molar-refractivity contribution in [2.24, 2.45) is 4.99 Å². The summed E-state index contributed by atoms with van der Waals surface area (Å²) in [5, 5.41) is 0. The molecule has 2 aromatic heterocycles. The molecule has 7 aromatic rings. The summed E-state index contributed by atoms with van der Waals surface area (Å²) < 4.78 is 4.75. The average molecular weight is 637 g/mol. The molecule has 6 heteroatoms. The van der Waals surface area contributed by atoms with E-state index in [1.165, 1.54) is 11.1 Å². The zero-order valence-corrected chi connectivity index (χ0v) is 28.0. The van der Waals surface area contributed by atoms with Crippen LogP contribution in [-0.4, -0.2) is 37.0 Å². The Morgan fingerprint density at radius 3 is 1.47 bits per heavy atom. The van der Waals surface area contributed by atoms with E-state index in [4.69, 9.17) is 15.0 Å². The number of aliphatic imine (C=N–C) groups is 1. The van der Waals surface area contributed by atoms with Gasteiger partial charge < -0.3 is 4.90 Å². The number of fused-ring (bicyclic) bond motifs is 3. The summed E-state index contributed by atoms with van der Waals surface area (Å²) >= 11 is 0. The molecule has 0 fully saturated rings. The monoisotopic (exact) mass is 636 g/mol. The molecule has 1 aliphatic carbocycles. The second-order valence-electron chi connectivity index (χ2n) is 13.0. The van der Waals surface area contributed by atoms with Crippen LogP contribution in [0.3, 0.4) is 0 Å². The first-order valence-corrected chi connectivity index (χ1v) is 16.9. The first kappa shape index (κ1) is 29.2. The number of hydrogen-bond donors (Lipinski definition) is 0. The van der Waals surface area contributed by atoms with Gasteiger partial charge in [0, 0.05) is 11.1 Å². The number of imidazole rings is 2. The van der Waals surface area contributed by atoms with Gasteiger partial charge in [-0.3, -0.25) is 14.1 Å². The summed E-state index contributed by atoms with van der Waals surface area (Å²) in [7, 11) is 0. The Hall–Kier alpha value is -6.01. The SMILES string of the molecule is CC1=NC2C=CC=CC2N1c1c(C)c(-n2c(-c3ccccc3)nc3ccccc32)c(C)c(-n2c(-c3ccccc3)nc3ccccc32)c1C. The van der Waals surface area contributed by atoms with Gasteiger partial charge in [0.15, 0.2) is 0 Å². The van der Waals surface area contributed by atoms with Gasteiger partial charge in [0.2, 0.25) is 0 Å². The molecular formula is C43H36N6. The zero-order chi connectivity index (χ0) is 33.2. The van der Waals surface area contributed by atoms with Gasteiger partial charge in [-0.2, -0.15) is 0 Å². The number of allylic oxidation sites excluding steroid dienone is 2.